The quantitative estimate of drug-likeness (QED) is 0.564. The van der Waals surface area contributed by atoms with E-state index >= 15 is 0 Å². The lowest BCUT2D eigenvalue weighted by atomic mass is 10.2. The van der Waals surface area contributed by atoms with Gasteiger partial charge in [-0.25, -0.2) is 12.7 Å². The van der Waals surface area contributed by atoms with Crippen LogP contribution in [0.4, 0.5) is 0 Å². The maximum atomic E-state index is 12.5. The summed E-state index contributed by atoms with van der Waals surface area (Å²) >= 11 is 0. The number of hydrogen-bond donors (Lipinski definition) is 0. The van der Waals surface area contributed by atoms with Crippen molar-refractivity contribution in [1.29, 1.82) is 0 Å². The number of benzene rings is 2. The third-order valence-corrected chi connectivity index (χ3v) is 6.41. The molecule has 9 nitrogen and oxygen atoms in total. The van der Waals surface area contributed by atoms with Gasteiger partial charge in [-0.1, -0.05) is 24.3 Å². The number of ether oxygens (including phenoxy) is 2. The average molecular weight is 446 g/mol. The number of nitrogens with zero attached hydrogens (tertiary/aromatic N) is 2. The van der Waals surface area contributed by atoms with Gasteiger partial charge < -0.3 is 14.4 Å². The topological polar surface area (TPSA) is 110 Å². The number of esters is 1. The Morgan fingerprint density at radius 3 is 2.39 bits per heavy atom. The minimum absolute atomic E-state index is 0.00136. The van der Waals surface area contributed by atoms with E-state index < -0.39 is 41.0 Å². The lowest BCUT2D eigenvalue weighted by Gasteiger charge is -2.18. The molecule has 1 aliphatic heterocycles. The van der Waals surface area contributed by atoms with Gasteiger partial charge in [0.25, 0.3) is 21.8 Å². The third-order valence-electron chi connectivity index (χ3n) is 4.62. The highest BCUT2D eigenvalue weighted by molar-refractivity contribution is 7.90. The van der Waals surface area contributed by atoms with Crippen molar-refractivity contribution in [2.24, 2.45) is 0 Å². The summed E-state index contributed by atoms with van der Waals surface area (Å²) < 4.78 is 35.6. The van der Waals surface area contributed by atoms with E-state index in [9.17, 15) is 22.8 Å². The smallest absolute Gasteiger partial charge is 0.327 e. The molecule has 0 saturated heterocycles. The first-order chi connectivity index (χ1) is 14.7. The standard InChI is InChI=1S/C21H22N2O7S/c1-3-29-16-10-8-15(9-11-16)12-22(2)19(24)14-30-20(25)13-23-21(26)17-6-4-5-7-18(17)31(23,27)28/h4-11H,3,12-14H2,1-2H3. The fraction of sp³-hybridized carbons (Fsp3) is 0.286. The molecule has 2 amide bonds. The van der Waals surface area contributed by atoms with E-state index in [0.717, 1.165) is 11.3 Å². The van der Waals surface area contributed by atoms with Crippen molar-refractivity contribution in [3.8, 4) is 5.75 Å². The van der Waals surface area contributed by atoms with E-state index in [1.54, 1.807) is 19.2 Å². The molecular weight excluding hydrogens is 424 g/mol. The molecule has 0 radical (unpaired) electrons. The van der Waals surface area contributed by atoms with Gasteiger partial charge in [-0.3, -0.25) is 14.4 Å². The molecule has 0 aliphatic carbocycles. The highest BCUT2D eigenvalue weighted by atomic mass is 32.2. The Hall–Kier alpha value is -3.40. The molecule has 0 fully saturated rings. The number of rotatable bonds is 8. The second-order valence-electron chi connectivity index (χ2n) is 6.80. The number of likely N-dealkylation sites (N-methyl/N-ethyl adjacent to an activating group) is 1. The van der Waals surface area contributed by atoms with Gasteiger partial charge in [-0.2, -0.15) is 0 Å². The van der Waals surface area contributed by atoms with Crippen LogP contribution < -0.4 is 4.74 Å². The molecule has 2 aromatic carbocycles. The first kappa shape index (κ1) is 22.3. The summed E-state index contributed by atoms with van der Waals surface area (Å²) in [4.78, 5) is 37.9. The van der Waals surface area contributed by atoms with Crippen molar-refractivity contribution in [1.82, 2.24) is 9.21 Å². The van der Waals surface area contributed by atoms with Gasteiger partial charge in [0.15, 0.2) is 6.61 Å². The lowest BCUT2D eigenvalue weighted by Crippen LogP contribution is -2.37. The normalized spacial score (nSPS) is 14.1. The number of fused-ring (bicyclic) bond motifs is 1. The minimum atomic E-state index is -4.12. The van der Waals surface area contributed by atoms with E-state index in [-0.39, 0.29) is 17.0 Å². The summed E-state index contributed by atoms with van der Waals surface area (Å²) in [5.41, 5.74) is 0.860. The van der Waals surface area contributed by atoms with E-state index in [1.165, 1.54) is 29.2 Å². The zero-order chi connectivity index (χ0) is 22.6. The fourth-order valence-electron chi connectivity index (χ4n) is 3.02. The van der Waals surface area contributed by atoms with Crippen molar-refractivity contribution < 1.29 is 32.3 Å². The van der Waals surface area contributed by atoms with Crippen molar-refractivity contribution >= 4 is 27.8 Å². The van der Waals surface area contributed by atoms with Crippen LogP contribution in [0.2, 0.25) is 0 Å². The second kappa shape index (κ2) is 9.17. The van der Waals surface area contributed by atoms with Crippen molar-refractivity contribution in [3.63, 3.8) is 0 Å². The molecule has 0 bridgehead atoms. The Balaban J connectivity index is 1.52. The predicted molar refractivity (Wildman–Crippen MR) is 110 cm³/mol. The average Bonchev–Trinajstić information content (AvgIpc) is 2.94. The Morgan fingerprint density at radius 1 is 1.06 bits per heavy atom. The Kier molecular flexibility index (Phi) is 6.59. The number of amides is 2. The summed E-state index contributed by atoms with van der Waals surface area (Å²) in [5, 5.41) is 0. The first-order valence-electron chi connectivity index (χ1n) is 9.51. The summed E-state index contributed by atoms with van der Waals surface area (Å²) in [5.74, 6) is -1.54. The van der Waals surface area contributed by atoms with Gasteiger partial charge in [0.05, 0.1) is 12.2 Å². The van der Waals surface area contributed by atoms with E-state index in [4.69, 9.17) is 9.47 Å². The van der Waals surface area contributed by atoms with Crippen LogP contribution in [-0.2, 0) is 30.9 Å². The zero-order valence-corrected chi connectivity index (χ0v) is 17.9. The predicted octanol–water partition coefficient (Wildman–Crippen LogP) is 1.43. The third kappa shape index (κ3) is 4.85. The largest absolute Gasteiger partial charge is 0.494 e. The minimum Gasteiger partial charge on any atom is -0.494 e. The summed E-state index contributed by atoms with van der Waals surface area (Å²) in [6, 6.07) is 12.9. The molecule has 1 heterocycles. The van der Waals surface area contributed by atoms with Gasteiger partial charge in [0, 0.05) is 13.6 Å². The number of carbonyl (C=O) groups excluding carboxylic acids is 3. The lowest BCUT2D eigenvalue weighted by molar-refractivity contribution is -0.151. The van der Waals surface area contributed by atoms with E-state index in [2.05, 4.69) is 0 Å². The summed E-state index contributed by atoms with van der Waals surface area (Å²) in [7, 11) is -2.56. The molecule has 0 N–H and O–H groups in total. The molecule has 0 unspecified atom stereocenters. The number of sulfonamides is 1. The van der Waals surface area contributed by atoms with Crippen molar-refractivity contribution in [2.75, 3.05) is 26.8 Å². The Labute approximate surface area is 180 Å². The van der Waals surface area contributed by atoms with Gasteiger partial charge in [0.2, 0.25) is 0 Å². The molecular formula is C21H22N2O7S. The zero-order valence-electron chi connectivity index (χ0n) is 17.1. The Bertz CT molecular complexity index is 1100. The molecule has 3 rings (SSSR count). The van der Waals surface area contributed by atoms with Crippen LogP contribution in [0.1, 0.15) is 22.8 Å². The van der Waals surface area contributed by atoms with Crippen LogP contribution >= 0.6 is 0 Å². The summed E-state index contributed by atoms with van der Waals surface area (Å²) in [6.45, 7) is 1.36. The maximum Gasteiger partial charge on any atom is 0.327 e. The van der Waals surface area contributed by atoms with Crippen LogP contribution in [0, 0.1) is 0 Å². The number of carbonyl (C=O) groups is 3. The molecule has 31 heavy (non-hydrogen) atoms. The second-order valence-corrected chi connectivity index (χ2v) is 8.63. The number of hydrogen-bond acceptors (Lipinski definition) is 7. The highest BCUT2D eigenvalue weighted by Crippen LogP contribution is 2.29. The van der Waals surface area contributed by atoms with Crippen molar-refractivity contribution in [3.05, 3.63) is 59.7 Å². The van der Waals surface area contributed by atoms with Crippen LogP contribution in [0.15, 0.2) is 53.4 Å². The molecule has 10 heteroatoms. The van der Waals surface area contributed by atoms with Gasteiger partial charge in [-0.05, 0) is 36.8 Å². The van der Waals surface area contributed by atoms with Gasteiger partial charge in [-0.15, -0.1) is 0 Å². The van der Waals surface area contributed by atoms with Crippen LogP contribution in [0.5, 0.6) is 5.75 Å². The molecule has 164 valence electrons. The highest BCUT2D eigenvalue weighted by Gasteiger charge is 2.42. The first-order valence-corrected chi connectivity index (χ1v) is 11.0. The Morgan fingerprint density at radius 2 is 1.74 bits per heavy atom. The fourth-order valence-corrected chi connectivity index (χ4v) is 4.54. The monoisotopic (exact) mass is 446 g/mol. The van der Waals surface area contributed by atoms with E-state index in [0.29, 0.717) is 10.9 Å². The van der Waals surface area contributed by atoms with Crippen LogP contribution in [0.25, 0.3) is 0 Å². The molecule has 0 spiro atoms. The summed E-state index contributed by atoms with van der Waals surface area (Å²) in [6.07, 6.45) is 0. The van der Waals surface area contributed by atoms with Crippen LogP contribution in [-0.4, -0.2) is 62.2 Å². The van der Waals surface area contributed by atoms with Crippen molar-refractivity contribution in [2.45, 2.75) is 18.4 Å². The molecule has 0 atom stereocenters. The van der Waals surface area contributed by atoms with E-state index in [1.807, 2.05) is 19.1 Å². The van der Waals surface area contributed by atoms with Crippen LogP contribution in [0.3, 0.4) is 0 Å². The molecule has 0 aromatic heterocycles. The van der Waals surface area contributed by atoms with Gasteiger partial charge >= 0.3 is 5.97 Å². The molecule has 2 aromatic rings. The van der Waals surface area contributed by atoms with Gasteiger partial charge in [0.1, 0.15) is 17.2 Å². The maximum absolute atomic E-state index is 12.5. The SMILES string of the molecule is CCOc1ccc(CN(C)C(=O)COC(=O)CN2C(=O)c3ccccc3S2(=O)=O)cc1. The molecule has 0 saturated carbocycles. The molecule has 1 aliphatic rings.